The van der Waals surface area contributed by atoms with Gasteiger partial charge in [-0.15, -0.1) is 0 Å². The molecule has 3 rings (SSSR count). The molecule has 1 aliphatic carbocycles. The van der Waals surface area contributed by atoms with Gasteiger partial charge < -0.3 is 9.47 Å². The maximum absolute atomic E-state index is 12.3. The summed E-state index contributed by atoms with van der Waals surface area (Å²) in [5, 5.41) is 0. The van der Waals surface area contributed by atoms with E-state index in [1.54, 1.807) is 0 Å². The molecule has 1 fully saturated rings. The molecule has 0 spiro atoms. The van der Waals surface area contributed by atoms with Crippen molar-refractivity contribution in [3.05, 3.63) is 53.1 Å². The minimum Gasteiger partial charge on any atom is -0.348 e. The number of benzene rings is 1. The zero-order valence-electron chi connectivity index (χ0n) is 13.2. The Morgan fingerprint density at radius 3 is 2.55 bits per heavy atom. The van der Waals surface area contributed by atoms with Crippen molar-refractivity contribution in [1.82, 2.24) is 0 Å². The van der Waals surface area contributed by atoms with Crippen LogP contribution in [0.25, 0.3) is 5.57 Å². The average Bonchev–Trinajstić information content (AvgIpc) is 3.05. The maximum Gasteiger partial charge on any atom is 0.168 e. The summed E-state index contributed by atoms with van der Waals surface area (Å²) in [6.45, 7) is 5.37. The van der Waals surface area contributed by atoms with Crippen LogP contribution < -0.4 is 0 Å². The van der Waals surface area contributed by atoms with E-state index in [1.807, 2.05) is 44.2 Å². The molecule has 3 nitrogen and oxygen atoms in total. The minimum atomic E-state index is -0.459. The fourth-order valence-electron chi connectivity index (χ4n) is 3.18. The van der Waals surface area contributed by atoms with E-state index in [1.165, 1.54) is 0 Å². The zero-order valence-corrected chi connectivity index (χ0v) is 13.2. The fourth-order valence-corrected chi connectivity index (χ4v) is 3.18. The number of ether oxygens (including phenoxy) is 2. The van der Waals surface area contributed by atoms with E-state index in [9.17, 15) is 4.79 Å². The van der Waals surface area contributed by atoms with Gasteiger partial charge in [0.2, 0.25) is 0 Å². The SMILES string of the molecule is CC1=C(c2ccccc2)C(=O)C/C1=C\CCC1(C)OCCO1. The number of hydrogen-bond donors (Lipinski definition) is 0. The van der Waals surface area contributed by atoms with E-state index >= 15 is 0 Å². The molecule has 3 heteroatoms. The van der Waals surface area contributed by atoms with E-state index in [0.29, 0.717) is 19.6 Å². The van der Waals surface area contributed by atoms with Gasteiger partial charge in [-0.25, -0.2) is 0 Å². The second-order valence-corrected chi connectivity index (χ2v) is 6.06. The fraction of sp³-hybridized carbons (Fsp3) is 0.421. The third kappa shape index (κ3) is 3.06. The number of allylic oxidation sites excluding steroid dienone is 4. The lowest BCUT2D eigenvalue weighted by Crippen LogP contribution is -2.24. The first-order chi connectivity index (χ1) is 10.6. The first kappa shape index (κ1) is 15.2. The summed E-state index contributed by atoms with van der Waals surface area (Å²) >= 11 is 0. The largest absolute Gasteiger partial charge is 0.348 e. The molecule has 1 aliphatic heterocycles. The minimum absolute atomic E-state index is 0.217. The first-order valence-electron chi connectivity index (χ1n) is 7.86. The van der Waals surface area contributed by atoms with Crippen LogP contribution in [-0.2, 0) is 14.3 Å². The molecule has 116 valence electrons. The standard InChI is InChI=1S/C19H22O3/c1-14-16(9-6-10-19(2)21-11-12-22-19)13-17(20)18(14)15-7-4-3-5-8-15/h3-5,7-9H,6,10-13H2,1-2H3/b16-9+. The third-order valence-corrected chi connectivity index (χ3v) is 4.44. The van der Waals surface area contributed by atoms with Crippen LogP contribution >= 0.6 is 0 Å². The second kappa shape index (κ2) is 6.19. The molecular formula is C19H22O3. The van der Waals surface area contributed by atoms with Gasteiger partial charge in [0.1, 0.15) is 0 Å². The zero-order chi connectivity index (χ0) is 15.6. The highest BCUT2D eigenvalue weighted by Crippen LogP contribution is 2.35. The third-order valence-electron chi connectivity index (χ3n) is 4.44. The summed E-state index contributed by atoms with van der Waals surface area (Å²) in [7, 11) is 0. The maximum atomic E-state index is 12.3. The molecule has 0 radical (unpaired) electrons. The van der Waals surface area contributed by atoms with Crippen LogP contribution in [0, 0.1) is 0 Å². The van der Waals surface area contributed by atoms with E-state index in [2.05, 4.69) is 6.08 Å². The quantitative estimate of drug-likeness (QED) is 0.845. The Bertz CT molecular complexity index is 619. The van der Waals surface area contributed by atoms with Crippen molar-refractivity contribution in [1.29, 1.82) is 0 Å². The molecule has 0 atom stereocenters. The van der Waals surface area contributed by atoms with Crippen molar-refractivity contribution >= 4 is 11.4 Å². The van der Waals surface area contributed by atoms with Gasteiger partial charge in [0.05, 0.1) is 13.2 Å². The van der Waals surface area contributed by atoms with Crippen LogP contribution in [0.4, 0.5) is 0 Å². The number of hydrogen-bond acceptors (Lipinski definition) is 3. The van der Waals surface area contributed by atoms with Gasteiger partial charge in [0.25, 0.3) is 0 Å². The van der Waals surface area contributed by atoms with Crippen LogP contribution in [0.5, 0.6) is 0 Å². The summed E-state index contributed by atoms with van der Waals surface area (Å²) < 4.78 is 11.2. The van der Waals surface area contributed by atoms with Crippen molar-refractivity contribution in [3.63, 3.8) is 0 Å². The first-order valence-corrected chi connectivity index (χ1v) is 7.86. The Morgan fingerprint density at radius 2 is 1.86 bits per heavy atom. The van der Waals surface area contributed by atoms with Gasteiger partial charge in [-0.05, 0) is 37.0 Å². The Kier molecular flexibility index (Phi) is 4.27. The van der Waals surface area contributed by atoms with Crippen molar-refractivity contribution < 1.29 is 14.3 Å². The van der Waals surface area contributed by atoms with Crippen molar-refractivity contribution in [2.45, 2.75) is 38.9 Å². The normalized spacial score (nSPS) is 22.8. The van der Waals surface area contributed by atoms with Gasteiger partial charge in [-0.3, -0.25) is 4.79 Å². The highest BCUT2D eigenvalue weighted by atomic mass is 16.7. The summed E-state index contributed by atoms with van der Waals surface area (Å²) in [4.78, 5) is 12.3. The summed E-state index contributed by atoms with van der Waals surface area (Å²) in [6, 6.07) is 9.92. The smallest absolute Gasteiger partial charge is 0.168 e. The summed E-state index contributed by atoms with van der Waals surface area (Å²) in [5.74, 6) is -0.242. The number of carbonyl (C=O) groups is 1. The van der Waals surface area contributed by atoms with Gasteiger partial charge in [0.15, 0.2) is 11.6 Å². The van der Waals surface area contributed by atoms with Crippen LogP contribution in [0.3, 0.4) is 0 Å². The number of rotatable bonds is 4. The molecule has 1 heterocycles. The van der Waals surface area contributed by atoms with Gasteiger partial charge >= 0.3 is 0 Å². The molecule has 0 unspecified atom stereocenters. The Labute approximate surface area is 131 Å². The highest BCUT2D eigenvalue weighted by Gasteiger charge is 2.30. The van der Waals surface area contributed by atoms with Gasteiger partial charge in [-0.2, -0.15) is 0 Å². The molecule has 0 aromatic heterocycles. The molecule has 0 saturated carbocycles. The predicted octanol–water partition coefficient (Wildman–Crippen LogP) is 3.90. The van der Waals surface area contributed by atoms with E-state index < -0.39 is 5.79 Å². The molecule has 1 aromatic rings. The summed E-state index contributed by atoms with van der Waals surface area (Å²) in [5.41, 5.74) is 4.13. The van der Waals surface area contributed by atoms with E-state index in [-0.39, 0.29) is 5.78 Å². The molecule has 0 amide bonds. The molecule has 0 bridgehead atoms. The molecule has 0 N–H and O–H groups in total. The number of ketones is 1. The van der Waals surface area contributed by atoms with Crippen LogP contribution in [-0.4, -0.2) is 24.8 Å². The monoisotopic (exact) mass is 298 g/mol. The lowest BCUT2D eigenvalue weighted by molar-refractivity contribution is -0.145. The molecule has 22 heavy (non-hydrogen) atoms. The lowest BCUT2D eigenvalue weighted by Gasteiger charge is -2.21. The number of Topliss-reactive ketones (excluding diaryl/α,β-unsaturated/α-hetero) is 1. The molecule has 1 aromatic carbocycles. The van der Waals surface area contributed by atoms with Crippen molar-refractivity contribution in [2.24, 2.45) is 0 Å². The second-order valence-electron chi connectivity index (χ2n) is 6.06. The van der Waals surface area contributed by atoms with Crippen molar-refractivity contribution in [3.8, 4) is 0 Å². The van der Waals surface area contributed by atoms with E-state index in [4.69, 9.17) is 9.47 Å². The molecular weight excluding hydrogens is 276 g/mol. The average molecular weight is 298 g/mol. The van der Waals surface area contributed by atoms with Gasteiger partial charge in [-0.1, -0.05) is 36.4 Å². The summed E-state index contributed by atoms with van der Waals surface area (Å²) in [6.07, 6.45) is 4.35. The van der Waals surface area contributed by atoms with Crippen molar-refractivity contribution in [2.75, 3.05) is 13.2 Å². The molecule has 1 saturated heterocycles. The highest BCUT2D eigenvalue weighted by molar-refractivity contribution is 6.26. The molecule has 2 aliphatic rings. The topological polar surface area (TPSA) is 35.5 Å². The Morgan fingerprint density at radius 1 is 1.18 bits per heavy atom. The van der Waals surface area contributed by atoms with Gasteiger partial charge in [0, 0.05) is 18.4 Å². The van der Waals surface area contributed by atoms with Crippen LogP contribution in [0.15, 0.2) is 47.6 Å². The number of carbonyl (C=O) groups excluding carboxylic acids is 1. The lowest BCUT2D eigenvalue weighted by atomic mass is 10.0. The predicted molar refractivity (Wildman–Crippen MR) is 86.3 cm³/mol. The Balaban J connectivity index is 1.74. The Hall–Kier alpha value is -1.71. The van der Waals surface area contributed by atoms with Crippen LogP contribution in [0.2, 0.25) is 0 Å². The van der Waals surface area contributed by atoms with E-state index in [0.717, 1.165) is 35.1 Å². The van der Waals surface area contributed by atoms with Crippen LogP contribution in [0.1, 0.15) is 38.7 Å².